The van der Waals surface area contributed by atoms with E-state index in [1.807, 2.05) is 0 Å². The first-order valence-corrected chi connectivity index (χ1v) is 4.17. The van der Waals surface area contributed by atoms with Gasteiger partial charge in [-0.3, -0.25) is 0 Å². The van der Waals surface area contributed by atoms with Crippen molar-refractivity contribution in [1.82, 2.24) is 0 Å². The van der Waals surface area contributed by atoms with Crippen LogP contribution >= 0.6 is 0 Å². The highest BCUT2D eigenvalue weighted by Gasteiger charge is 2.07. The lowest BCUT2D eigenvalue weighted by Crippen LogP contribution is -1.98. The number of nitrogens with zero attached hydrogens (tertiary/aromatic N) is 1. The Kier molecular flexibility index (Phi) is 3.47. The van der Waals surface area contributed by atoms with Crippen molar-refractivity contribution in [3.05, 3.63) is 35.4 Å². The molecule has 1 aromatic rings. The van der Waals surface area contributed by atoms with Crippen LogP contribution in [0.4, 0.5) is 0 Å². The van der Waals surface area contributed by atoms with E-state index < -0.39 is 5.97 Å². The molecule has 0 amide bonds. The molecule has 1 N–H and O–H groups in total. The van der Waals surface area contributed by atoms with Gasteiger partial charge in [-0.2, -0.15) is 5.26 Å². The van der Waals surface area contributed by atoms with Crippen LogP contribution < -0.4 is 4.74 Å². The monoisotopic (exact) mass is 203 g/mol. The second-order valence-electron chi connectivity index (χ2n) is 2.72. The lowest BCUT2D eigenvalue weighted by atomic mass is 10.1. The topological polar surface area (TPSA) is 70.3 Å². The summed E-state index contributed by atoms with van der Waals surface area (Å²) in [4.78, 5) is 10.6. The predicted octanol–water partition coefficient (Wildman–Crippen LogP) is 1.69. The molecule has 76 valence electrons. The average molecular weight is 203 g/mol. The second-order valence-corrected chi connectivity index (χ2v) is 2.72. The molecule has 0 saturated carbocycles. The standard InChI is InChI=1S/C11H9NO3/c1-15-10-5-3-2-4-8(10)6-9(7-12)11(13)14/h2-6H,1H3,(H,13,14)/b9-6-. The minimum atomic E-state index is -1.25. The van der Waals surface area contributed by atoms with Gasteiger partial charge in [0.2, 0.25) is 0 Å². The fraction of sp³-hybridized carbons (Fsp3) is 0.0909. The Labute approximate surface area is 87.0 Å². The van der Waals surface area contributed by atoms with Gasteiger partial charge in [0.15, 0.2) is 0 Å². The number of carbonyl (C=O) groups is 1. The number of ether oxygens (including phenoxy) is 1. The lowest BCUT2D eigenvalue weighted by Gasteiger charge is -2.03. The summed E-state index contributed by atoms with van der Waals surface area (Å²) in [6.45, 7) is 0. The molecule has 1 rings (SSSR count). The third kappa shape index (κ3) is 2.58. The summed E-state index contributed by atoms with van der Waals surface area (Å²) in [5.41, 5.74) is 0.249. The number of hydrogen-bond acceptors (Lipinski definition) is 3. The molecule has 0 bridgehead atoms. The number of carboxylic acids is 1. The SMILES string of the molecule is COc1ccccc1/C=C(/C#N)C(=O)O. The Balaban J connectivity index is 3.18. The third-order valence-corrected chi connectivity index (χ3v) is 1.79. The highest BCUT2D eigenvalue weighted by Crippen LogP contribution is 2.20. The maximum atomic E-state index is 10.6. The van der Waals surface area contributed by atoms with Gasteiger partial charge in [0.05, 0.1) is 7.11 Å². The molecule has 15 heavy (non-hydrogen) atoms. The Bertz CT molecular complexity index is 443. The van der Waals surface area contributed by atoms with E-state index in [1.54, 1.807) is 30.3 Å². The third-order valence-electron chi connectivity index (χ3n) is 1.79. The molecule has 0 aromatic heterocycles. The molecule has 0 saturated heterocycles. The van der Waals surface area contributed by atoms with Gasteiger partial charge >= 0.3 is 5.97 Å². The van der Waals surface area contributed by atoms with Crippen LogP contribution in [0, 0.1) is 11.3 Å². The van der Waals surface area contributed by atoms with Gasteiger partial charge in [-0.05, 0) is 12.1 Å². The number of aliphatic carboxylic acids is 1. The van der Waals surface area contributed by atoms with Crippen LogP contribution in [0.25, 0.3) is 6.08 Å². The second kappa shape index (κ2) is 4.82. The predicted molar refractivity (Wildman–Crippen MR) is 54.2 cm³/mol. The lowest BCUT2D eigenvalue weighted by molar-refractivity contribution is -0.132. The van der Waals surface area contributed by atoms with Crippen molar-refractivity contribution in [3.63, 3.8) is 0 Å². The molecular weight excluding hydrogens is 194 g/mol. The number of carboxylic acid groups (broad SMARTS) is 1. The molecule has 0 radical (unpaired) electrons. The van der Waals surface area contributed by atoms with Gasteiger partial charge in [0.25, 0.3) is 0 Å². The fourth-order valence-electron chi connectivity index (χ4n) is 1.08. The van der Waals surface area contributed by atoms with Crippen LogP contribution in [0.3, 0.4) is 0 Å². The van der Waals surface area contributed by atoms with Crippen molar-refractivity contribution < 1.29 is 14.6 Å². The first-order chi connectivity index (χ1) is 7.19. The van der Waals surface area contributed by atoms with Crippen LogP contribution in [0.15, 0.2) is 29.8 Å². The zero-order valence-corrected chi connectivity index (χ0v) is 8.10. The zero-order chi connectivity index (χ0) is 11.3. The van der Waals surface area contributed by atoms with Crippen molar-refractivity contribution in [3.8, 4) is 11.8 Å². The molecule has 1 aromatic carbocycles. The first kappa shape index (κ1) is 10.8. The molecule has 0 fully saturated rings. The molecule has 0 spiro atoms. The molecule has 0 unspecified atom stereocenters. The smallest absolute Gasteiger partial charge is 0.346 e. The number of rotatable bonds is 3. The van der Waals surface area contributed by atoms with Gasteiger partial charge in [-0.1, -0.05) is 18.2 Å². The zero-order valence-electron chi connectivity index (χ0n) is 8.10. The Morgan fingerprint density at radius 3 is 2.73 bits per heavy atom. The molecule has 0 aliphatic carbocycles. The molecule has 4 nitrogen and oxygen atoms in total. The number of benzene rings is 1. The highest BCUT2D eigenvalue weighted by atomic mass is 16.5. The van der Waals surface area contributed by atoms with Crippen molar-refractivity contribution in [2.45, 2.75) is 0 Å². The van der Waals surface area contributed by atoms with Crippen LogP contribution in [-0.2, 0) is 4.79 Å². The summed E-state index contributed by atoms with van der Waals surface area (Å²) in [5.74, 6) is -0.713. The Morgan fingerprint density at radius 2 is 2.20 bits per heavy atom. The molecule has 4 heteroatoms. The molecule has 0 aliphatic heterocycles. The Hall–Kier alpha value is -2.28. The quantitative estimate of drug-likeness (QED) is 0.599. The van der Waals surface area contributed by atoms with Crippen LogP contribution in [0.1, 0.15) is 5.56 Å². The maximum Gasteiger partial charge on any atom is 0.346 e. The normalized spacial score (nSPS) is 10.5. The number of methoxy groups -OCH3 is 1. The Morgan fingerprint density at radius 1 is 1.53 bits per heavy atom. The average Bonchev–Trinajstić information content (AvgIpc) is 2.25. The molecule has 0 heterocycles. The van der Waals surface area contributed by atoms with Crippen LogP contribution in [0.2, 0.25) is 0 Å². The number of nitriles is 1. The van der Waals surface area contributed by atoms with Gasteiger partial charge < -0.3 is 9.84 Å². The minimum absolute atomic E-state index is 0.320. The van der Waals surface area contributed by atoms with Crippen molar-refractivity contribution >= 4 is 12.0 Å². The highest BCUT2D eigenvalue weighted by molar-refractivity contribution is 5.96. The van der Waals surface area contributed by atoms with Gasteiger partial charge in [-0.15, -0.1) is 0 Å². The summed E-state index contributed by atoms with van der Waals surface area (Å²) >= 11 is 0. The summed E-state index contributed by atoms with van der Waals surface area (Å²) in [5, 5.41) is 17.2. The van der Waals surface area contributed by atoms with E-state index in [0.29, 0.717) is 11.3 Å². The van der Waals surface area contributed by atoms with Gasteiger partial charge in [-0.25, -0.2) is 4.79 Å². The van der Waals surface area contributed by atoms with Crippen molar-refractivity contribution in [2.75, 3.05) is 7.11 Å². The first-order valence-electron chi connectivity index (χ1n) is 4.17. The van der Waals surface area contributed by atoms with Crippen molar-refractivity contribution in [1.29, 1.82) is 5.26 Å². The van der Waals surface area contributed by atoms with E-state index in [2.05, 4.69) is 0 Å². The summed E-state index contributed by atoms with van der Waals surface area (Å²) < 4.78 is 5.02. The van der Waals surface area contributed by atoms with E-state index in [4.69, 9.17) is 15.1 Å². The molecular formula is C11H9NO3. The number of hydrogen-bond donors (Lipinski definition) is 1. The summed E-state index contributed by atoms with van der Waals surface area (Å²) in [6.07, 6.45) is 1.28. The van der Waals surface area contributed by atoms with E-state index in [9.17, 15) is 4.79 Å². The fourth-order valence-corrected chi connectivity index (χ4v) is 1.08. The van der Waals surface area contributed by atoms with E-state index in [0.717, 1.165) is 0 Å². The summed E-state index contributed by atoms with van der Waals surface area (Å²) in [6, 6.07) is 8.49. The number of para-hydroxylation sites is 1. The van der Waals surface area contributed by atoms with Gasteiger partial charge in [0, 0.05) is 5.56 Å². The molecule has 0 atom stereocenters. The van der Waals surface area contributed by atoms with Crippen LogP contribution in [-0.4, -0.2) is 18.2 Å². The van der Waals surface area contributed by atoms with Crippen molar-refractivity contribution in [2.24, 2.45) is 0 Å². The van der Waals surface area contributed by atoms with E-state index in [1.165, 1.54) is 13.2 Å². The van der Waals surface area contributed by atoms with E-state index >= 15 is 0 Å². The van der Waals surface area contributed by atoms with Gasteiger partial charge in [0.1, 0.15) is 17.4 Å². The van der Waals surface area contributed by atoms with E-state index in [-0.39, 0.29) is 5.57 Å². The maximum absolute atomic E-state index is 10.6. The largest absolute Gasteiger partial charge is 0.496 e. The summed E-state index contributed by atoms with van der Waals surface area (Å²) in [7, 11) is 1.49. The van der Waals surface area contributed by atoms with Crippen LogP contribution in [0.5, 0.6) is 5.75 Å². The minimum Gasteiger partial charge on any atom is -0.496 e. The molecule has 0 aliphatic rings.